The number of fused-ring (bicyclic) bond motifs is 2. The summed E-state index contributed by atoms with van der Waals surface area (Å²) < 4.78 is 7.89. The van der Waals surface area contributed by atoms with Gasteiger partial charge in [0.1, 0.15) is 0 Å². The van der Waals surface area contributed by atoms with Gasteiger partial charge in [-0.25, -0.2) is 0 Å². The number of carbonyl (C=O) groups excluding carboxylic acids is 1. The minimum absolute atomic E-state index is 0.250. The van der Waals surface area contributed by atoms with Crippen LogP contribution in [0, 0.1) is 11.8 Å². The fourth-order valence-electron chi connectivity index (χ4n) is 5.23. The predicted octanol–water partition coefficient (Wildman–Crippen LogP) is 2.24. The number of para-hydroxylation sites is 1. The van der Waals surface area contributed by atoms with Crippen molar-refractivity contribution in [3.8, 4) is 0 Å². The van der Waals surface area contributed by atoms with E-state index in [1.807, 2.05) is 26.3 Å². The molecule has 4 atom stereocenters. The van der Waals surface area contributed by atoms with E-state index in [2.05, 4.69) is 46.8 Å². The maximum absolute atomic E-state index is 13.1. The zero-order valence-electron chi connectivity index (χ0n) is 18.3. The molecule has 1 saturated carbocycles. The van der Waals surface area contributed by atoms with Crippen LogP contribution in [0.25, 0.3) is 10.9 Å². The van der Waals surface area contributed by atoms with Crippen LogP contribution in [0.3, 0.4) is 0 Å². The van der Waals surface area contributed by atoms with E-state index < -0.39 is 0 Å². The van der Waals surface area contributed by atoms with Crippen molar-refractivity contribution in [2.75, 3.05) is 34.3 Å². The van der Waals surface area contributed by atoms with Gasteiger partial charge >= 0.3 is 0 Å². The van der Waals surface area contributed by atoms with E-state index in [0.29, 0.717) is 24.3 Å². The monoisotopic (exact) mass is 415 g/mol. The van der Waals surface area contributed by atoms with E-state index in [0.717, 1.165) is 31.5 Å². The molecule has 164 valence electrons. The molecule has 2 fully saturated rings. The second-order valence-electron chi connectivity index (χ2n) is 8.66. The topological polar surface area (TPSA) is 75.0 Å². The van der Waals surface area contributed by atoms with Gasteiger partial charge in [-0.1, -0.05) is 18.2 Å². The van der Waals surface area contributed by atoms with Gasteiger partial charge in [0.2, 0.25) is 5.91 Å². The average Bonchev–Trinajstić information content (AvgIpc) is 3.28. The van der Waals surface area contributed by atoms with Gasteiger partial charge in [-0.2, -0.15) is 0 Å². The third-order valence-corrected chi connectivity index (χ3v) is 6.72. The van der Waals surface area contributed by atoms with Gasteiger partial charge in [0.25, 0.3) is 6.47 Å². The number of aryl methyl sites for hydroxylation is 1. The van der Waals surface area contributed by atoms with Crippen molar-refractivity contribution < 1.29 is 19.4 Å². The lowest BCUT2D eigenvalue weighted by Gasteiger charge is -2.40. The van der Waals surface area contributed by atoms with Gasteiger partial charge in [-0.15, -0.1) is 0 Å². The van der Waals surface area contributed by atoms with Crippen molar-refractivity contribution in [2.24, 2.45) is 18.9 Å². The van der Waals surface area contributed by atoms with Gasteiger partial charge in [-0.05, 0) is 50.4 Å². The summed E-state index contributed by atoms with van der Waals surface area (Å²) in [5, 5.41) is 8.08. The second-order valence-corrected chi connectivity index (χ2v) is 8.66. The summed E-state index contributed by atoms with van der Waals surface area (Å²) in [7, 11) is 8.14. The predicted molar refractivity (Wildman–Crippen MR) is 116 cm³/mol. The molecule has 0 unspecified atom stereocenters. The first kappa shape index (κ1) is 22.3. The minimum atomic E-state index is -0.250. The second kappa shape index (κ2) is 9.62. The average molecular weight is 416 g/mol. The van der Waals surface area contributed by atoms with Gasteiger partial charge in [0.05, 0.1) is 12.5 Å². The Bertz CT molecular complexity index is 878. The Morgan fingerprint density at radius 3 is 2.50 bits per heavy atom. The van der Waals surface area contributed by atoms with Crippen molar-refractivity contribution in [3.05, 3.63) is 36.0 Å². The van der Waals surface area contributed by atoms with Crippen LogP contribution in [-0.2, 0) is 27.8 Å². The Hall–Kier alpha value is -2.38. The van der Waals surface area contributed by atoms with E-state index in [9.17, 15) is 4.79 Å². The highest BCUT2D eigenvalue weighted by atomic mass is 16.5. The molecule has 4 rings (SSSR count). The lowest BCUT2D eigenvalue weighted by atomic mass is 9.77. The molecule has 1 N–H and O–H groups in total. The summed E-state index contributed by atoms with van der Waals surface area (Å²) >= 11 is 0. The summed E-state index contributed by atoms with van der Waals surface area (Å²) in [4.78, 5) is 25.8. The van der Waals surface area contributed by atoms with E-state index in [1.165, 1.54) is 10.9 Å². The Morgan fingerprint density at radius 2 is 1.87 bits per heavy atom. The molecule has 0 radical (unpaired) electrons. The summed E-state index contributed by atoms with van der Waals surface area (Å²) in [5.74, 6) is 1.43. The van der Waals surface area contributed by atoms with Crippen molar-refractivity contribution >= 4 is 23.3 Å². The largest absolute Gasteiger partial charge is 0.483 e. The molecule has 2 heterocycles. The summed E-state index contributed by atoms with van der Waals surface area (Å²) in [6.07, 6.45) is 5.05. The molecule has 1 aromatic heterocycles. The number of hydrogen-bond acceptors (Lipinski definition) is 4. The minimum Gasteiger partial charge on any atom is -0.483 e. The molecule has 1 saturated heterocycles. The molecule has 0 spiro atoms. The Kier molecular flexibility index (Phi) is 7.15. The summed E-state index contributed by atoms with van der Waals surface area (Å²) in [6, 6.07) is 8.77. The Morgan fingerprint density at radius 1 is 1.23 bits per heavy atom. The highest BCUT2D eigenvalue weighted by Crippen LogP contribution is 2.39. The number of aromatic nitrogens is 1. The van der Waals surface area contributed by atoms with Crippen molar-refractivity contribution in [1.82, 2.24) is 14.4 Å². The third-order valence-electron chi connectivity index (χ3n) is 6.72. The van der Waals surface area contributed by atoms with Crippen LogP contribution in [0.5, 0.6) is 0 Å². The number of methoxy groups -OCH3 is 1. The maximum atomic E-state index is 13.1. The number of rotatable bonds is 4. The highest BCUT2D eigenvalue weighted by Gasteiger charge is 2.44. The number of carboxylic acid groups (broad SMARTS) is 1. The summed E-state index contributed by atoms with van der Waals surface area (Å²) in [5.41, 5.74) is 2.32. The number of carbonyl (C=O) groups is 2. The normalized spacial score (nSPS) is 25.7. The first-order valence-electron chi connectivity index (χ1n) is 10.5. The van der Waals surface area contributed by atoms with Crippen molar-refractivity contribution in [1.29, 1.82) is 0 Å². The van der Waals surface area contributed by atoms with E-state index in [-0.39, 0.29) is 18.5 Å². The van der Waals surface area contributed by atoms with Crippen LogP contribution in [0.2, 0.25) is 0 Å². The quantitative estimate of drug-likeness (QED) is 0.775. The molecule has 2 aromatic rings. The molecule has 1 aliphatic heterocycles. The highest BCUT2D eigenvalue weighted by molar-refractivity contribution is 5.89. The first-order valence-corrected chi connectivity index (χ1v) is 10.5. The van der Waals surface area contributed by atoms with Crippen molar-refractivity contribution in [2.45, 2.75) is 31.4 Å². The Labute approximate surface area is 178 Å². The van der Waals surface area contributed by atoms with Crippen LogP contribution in [0.4, 0.5) is 0 Å². The molecule has 1 aromatic carbocycles. The molecule has 1 aliphatic carbocycles. The van der Waals surface area contributed by atoms with Crippen LogP contribution < -0.4 is 0 Å². The van der Waals surface area contributed by atoms with Crippen LogP contribution in [-0.4, -0.2) is 78.3 Å². The van der Waals surface area contributed by atoms with Crippen LogP contribution >= 0.6 is 0 Å². The SMILES string of the molecule is CO[C@@H]1C[C@H]2CN(C(=O)Cc3cn(C)c4ccccc34)C[C@H]2C[C@H]1N(C)C.O=CO. The van der Waals surface area contributed by atoms with Crippen LogP contribution in [0.1, 0.15) is 18.4 Å². The first-order chi connectivity index (χ1) is 14.4. The van der Waals surface area contributed by atoms with Crippen molar-refractivity contribution in [3.63, 3.8) is 0 Å². The molecule has 7 nitrogen and oxygen atoms in total. The molecule has 2 aliphatic rings. The van der Waals surface area contributed by atoms with Crippen LogP contribution in [0.15, 0.2) is 30.5 Å². The fourth-order valence-corrected chi connectivity index (χ4v) is 5.23. The number of ether oxygens (including phenoxy) is 1. The van der Waals surface area contributed by atoms with E-state index >= 15 is 0 Å². The third kappa shape index (κ3) is 4.52. The van der Waals surface area contributed by atoms with E-state index in [4.69, 9.17) is 14.6 Å². The van der Waals surface area contributed by atoms with E-state index in [1.54, 1.807) is 0 Å². The molecular weight excluding hydrogens is 382 g/mol. The number of likely N-dealkylation sites (tertiary alicyclic amines) is 1. The molecule has 1 amide bonds. The molecule has 0 bridgehead atoms. The maximum Gasteiger partial charge on any atom is 0.290 e. The number of amides is 1. The lowest BCUT2D eigenvalue weighted by molar-refractivity contribution is -0.129. The standard InChI is InChI=1S/C22H31N3O2.CH2O2/c1-23(2)20-9-15-13-25(14-16(15)10-21(20)27-4)22(26)11-17-12-24(3)19-8-6-5-7-18(17)19;2-1-3/h5-8,12,15-16,20-21H,9-11,13-14H2,1-4H3;1H,(H,2,3)/t15-,16+,20-,21-;/m1./s1. The zero-order valence-corrected chi connectivity index (χ0v) is 18.3. The summed E-state index contributed by atoms with van der Waals surface area (Å²) in [6.45, 7) is 1.53. The number of hydrogen-bond donors (Lipinski definition) is 1. The lowest BCUT2D eigenvalue weighted by Crippen LogP contribution is -2.47. The molecule has 7 heteroatoms. The Balaban J connectivity index is 0.000000806. The zero-order chi connectivity index (χ0) is 21.8. The van der Waals surface area contributed by atoms with Gasteiger partial charge < -0.3 is 24.2 Å². The molecule has 30 heavy (non-hydrogen) atoms. The number of benzene rings is 1. The van der Waals surface area contributed by atoms with Gasteiger partial charge in [0.15, 0.2) is 0 Å². The van der Waals surface area contributed by atoms with Gasteiger partial charge in [-0.3, -0.25) is 9.59 Å². The van der Waals surface area contributed by atoms with Gasteiger partial charge in [0, 0.05) is 50.4 Å². The fraction of sp³-hybridized carbons (Fsp3) is 0.565. The molecular formula is C23H33N3O4. The number of nitrogens with zero attached hydrogens (tertiary/aromatic N) is 3. The number of likely N-dealkylation sites (N-methyl/N-ethyl adjacent to an activating group) is 1. The smallest absolute Gasteiger partial charge is 0.290 e.